The number of amides is 1. The summed E-state index contributed by atoms with van der Waals surface area (Å²) in [4.78, 5) is 13.0. The number of alkyl halides is 1. The fourth-order valence-electron chi connectivity index (χ4n) is 4.73. The molecule has 3 aliphatic carbocycles. The van der Waals surface area contributed by atoms with Gasteiger partial charge in [-0.05, 0) is 50.0 Å². The Morgan fingerprint density at radius 2 is 1.92 bits per heavy atom. The SMILES string of the molecule is CC1(F)CCCCC1NC(=O)C1C(C2=CC=C(S(N)(=O)=O)CC2)C1(C)C. The van der Waals surface area contributed by atoms with Crippen LogP contribution in [0.2, 0.25) is 0 Å². The van der Waals surface area contributed by atoms with Crippen molar-refractivity contribution in [3.8, 4) is 0 Å². The lowest BCUT2D eigenvalue weighted by Crippen LogP contribution is -2.51. The maximum atomic E-state index is 14.7. The molecule has 1 amide bonds. The molecule has 0 aromatic heterocycles. The van der Waals surface area contributed by atoms with Gasteiger partial charge < -0.3 is 5.32 Å². The molecule has 0 spiro atoms. The number of allylic oxidation sites excluding steroid dienone is 4. The summed E-state index contributed by atoms with van der Waals surface area (Å²) in [6.07, 6.45) is 7.28. The van der Waals surface area contributed by atoms with Gasteiger partial charge in [0, 0.05) is 0 Å². The van der Waals surface area contributed by atoms with Crippen LogP contribution in [-0.2, 0) is 14.8 Å². The van der Waals surface area contributed by atoms with Gasteiger partial charge in [0.05, 0.1) is 16.9 Å². The van der Waals surface area contributed by atoms with Crippen LogP contribution in [0.4, 0.5) is 4.39 Å². The number of carbonyl (C=O) groups excluding carboxylic acids is 1. The zero-order valence-corrected chi connectivity index (χ0v) is 16.5. The van der Waals surface area contributed by atoms with Gasteiger partial charge >= 0.3 is 0 Å². The van der Waals surface area contributed by atoms with Crippen molar-refractivity contribution in [2.24, 2.45) is 22.4 Å². The highest BCUT2D eigenvalue weighted by molar-refractivity contribution is 7.93. The Kier molecular flexibility index (Phi) is 4.84. The molecule has 0 aromatic carbocycles. The highest BCUT2D eigenvalue weighted by Crippen LogP contribution is 2.63. The summed E-state index contributed by atoms with van der Waals surface area (Å²) in [5.74, 6) is -0.218. The molecular weight excluding hydrogens is 355 g/mol. The molecule has 0 aliphatic heterocycles. The lowest BCUT2D eigenvalue weighted by atomic mass is 9.83. The molecule has 3 rings (SSSR count). The van der Waals surface area contributed by atoms with Crippen molar-refractivity contribution < 1.29 is 17.6 Å². The third kappa shape index (κ3) is 3.60. The van der Waals surface area contributed by atoms with Crippen molar-refractivity contribution in [2.75, 3.05) is 0 Å². The number of hydrogen-bond acceptors (Lipinski definition) is 3. The van der Waals surface area contributed by atoms with Gasteiger partial charge in [0.25, 0.3) is 0 Å². The average molecular weight is 385 g/mol. The normalized spacial score (nSPS) is 36.7. The molecule has 146 valence electrons. The van der Waals surface area contributed by atoms with E-state index in [4.69, 9.17) is 5.14 Å². The Bertz CT molecular complexity index is 768. The van der Waals surface area contributed by atoms with Crippen molar-refractivity contribution in [1.82, 2.24) is 5.32 Å². The molecule has 0 aromatic rings. The Hall–Kier alpha value is -1.21. The predicted molar refractivity (Wildman–Crippen MR) is 99.2 cm³/mol. The molecule has 4 atom stereocenters. The summed E-state index contributed by atoms with van der Waals surface area (Å²) in [6, 6.07) is -0.421. The molecule has 26 heavy (non-hydrogen) atoms. The molecule has 0 bridgehead atoms. The molecule has 2 saturated carbocycles. The molecule has 3 N–H and O–H groups in total. The summed E-state index contributed by atoms with van der Waals surface area (Å²) in [6.45, 7) is 5.66. The third-order valence-electron chi connectivity index (χ3n) is 6.47. The van der Waals surface area contributed by atoms with Crippen LogP contribution in [0.3, 0.4) is 0 Å². The fraction of sp³-hybridized carbons (Fsp3) is 0.737. The molecule has 7 heteroatoms. The molecule has 0 radical (unpaired) electrons. The lowest BCUT2D eigenvalue weighted by Gasteiger charge is -2.35. The van der Waals surface area contributed by atoms with Crippen LogP contribution < -0.4 is 10.5 Å². The maximum absolute atomic E-state index is 14.7. The standard InChI is InChI=1S/C19H29FN2O3S/c1-18(2)15(12-7-9-13(10-8-12)26(21,24)25)16(18)17(23)22-14-6-4-5-11-19(14,3)20/h7,9,14-16H,4-6,8,10-11H2,1-3H3,(H,22,23)(H2,21,24,25). The Balaban J connectivity index is 1.71. The molecule has 5 nitrogen and oxygen atoms in total. The van der Waals surface area contributed by atoms with Crippen LogP contribution in [0, 0.1) is 17.3 Å². The smallest absolute Gasteiger partial charge is 0.234 e. The van der Waals surface area contributed by atoms with E-state index < -0.39 is 21.7 Å². The number of nitrogens with two attached hydrogens (primary N) is 1. The van der Waals surface area contributed by atoms with Crippen molar-refractivity contribution in [3.05, 3.63) is 22.6 Å². The molecule has 2 fully saturated rings. The van der Waals surface area contributed by atoms with Crippen LogP contribution in [0.15, 0.2) is 22.6 Å². The van der Waals surface area contributed by atoms with Gasteiger partial charge in [-0.3, -0.25) is 4.79 Å². The van der Waals surface area contributed by atoms with Crippen LogP contribution >= 0.6 is 0 Å². The van der Waals surface area contributed by atoms with E-state index in [-0.39, 0.29) is 28.1 Å². The summed E-state index contributed by atoms with van der Waals surface area (Å²) < 4.78 is 37.6. The van der Waals surface area contributed by atoms with E-state index in [0.29, 0.717) is 25.7 Å². The van der Waals surface area contributed by atoms with E-state index in [1.807, 2.05) is 13.8 Å². The number of sulfonamides is 1. The summed E-state index contributed by atoms with van der Waals surface area (Å²) >= 11 is 0. The number of primary sulfonamides is 1. The molecule has 3 aliphatic rings. The van der Waals surface area contributed by atoms with E-state index in [0.717, 1.165) is 18.4 Å². The van der Waals surface area contributed by atoms with Crippen LogP contribution in [0.5, 0.6) is 0 Å². The van der Waals surface area contributed by atoms with E-state index >= 15 is 0 Å². The van der Waals surface area contributed by atoms with Gasteiger partial charge in [-0.2, -0.15) is 0 Å². The fourth-order valence-corrected chi connectivity index (χ4v) is 5.37. The van der Waals surface area contributed by atoms with Gasteiger partial charge in [0.15, 0.2) is 0 Å². The number of nitrogens with one attached hydrogen (secondary N) is 1. The van der Waals surface area contributed by atoms with Gasteiger partial charge in [0.1, 0.15) is 5.67 Å². The van der Waals surface area contributed by atoms with E-state index in [9.17, 15) is 17.6 Å². The third-order valence-corrected chi connectivity index (χ3v) is 7.54. The molecular formula is C19H29FN2O3S. The van der Waals surface area contributed by atoms with Gasteiger partial charge in [0.2, 0.25) is 15.9 Å². The minimum Gasteiger partial charge on any atom is -0.350 e. The average Bonchev–Trinajstić information content (AvgIpc) is 3.11. The van der Waals surface area contributed by atoms with E-state index in [2.05, 4.69) is 5.32 Å². The number of hydrogen-bond donors (Lipinski definition) is 2. The molecule has 0 heterocycles. The van der Waals surface area contributed by atoms with Crippen molar-refractivity contribution in [2.45, 2.75) is 71.0 Å². The summed E-state index contributed by atoms with van der Waals surface area (Å²) in [7, 11) is -3.65. The highest BCUT2D eigenvalue weighted by Gasteiger charge is 2.63. The quantitative estimate of drug-likeness (QED) is 0.781. The monoisotopic (exact) mass is 384 g/mol. The Morgan fingerprint density at radius 1 is 1.23 bits per heavy atom. The maximum Gasteiger partial charge on any atom is 0.234 e. The minimum atomic E-state index is -3.65. The number of halogens is 1. The molecule has 4 unspecified atom stereocenters. The van der Waals surface area contributed by atoms with Crippen molar-refractivity contribution >= 4 is 15.9 Å². The van der Waals surface area contributed by atoms with Crippen LogP contribution in [0.25, 0.3) is 0 Å². The number of rotatable bonds is 4. The van der Waals surface area contributed by atoms with E-state index in [1.165, 1.54) is 0 Å². The van der Waals surface area contributed by atoms with Crippen LogP contribution in [-0.4, -0.2) is 26.0 Å². The summed E-state index contributed by atoms with van der Waals surface area (Å²) in [5.41, 5.74) is -0.474. The second-order valence-corrected chi connectivity index (χ2v) is 10.4. The number of carbonyl (C=O) groups is 1. The van der Waals surface area contributed by atoms with E-state index in [1.54, 1.807) is 19.1 Å². The zero-order chi connectivity index (χ0) is 19.3. The largest absolute Gasteiger partial charge is 0.350 e. The van der Waals surface area contributed by atoms with Crippen molar-refractivity contribution in [1.29, 1.82) is 0 Å². The minimum absolute atomic E-state index is 0.0650. The zero-order valence-electron chi connectivity index (χ0n) is 15.7. The predicted octanol–water partition coefficient (Wildman–Crippen LogP) is 2.94. The Morgan fingerprint density at radius 3 is 2.46 bits per heavy atom. The Labute approximate surface area is 155 Å². The molecule has 0 saturated heterocycles. The first-order valence-corrected chi connectivity index (χ1v) is 10.9. The van der Waals surface area contributed by atoms with Gasteiger partial charge in [-0.25, -0.2) is 17.9 Å². The first-order valence-electron chi connectivity index (χ1n) is 9.36. The van der Waals surface area contributed by atoms with Gasteiger partial charge in [-0.1, -0.05) is 38.3 Å². The van der Waals surface area contributed by atoms with Gasteiger partial charge in [-0.15, -0.1) is 0 Å². The van der Waals surface area contributed by atoms with Crippen molar-refractivity contribution in [3.63, 3.8) is 0 Å². The second kappa shape index (κ2) is 6.44. The first-order chi connectivity index (χ1) is 11.9. The highest BCUT2D eigenvalue weighted by atomic mass is 32.2. The first kappa shape index (κ1) is 19.5. The summed E-state index contributed by atoms with van der Waals surface area (Å²) in [5, 5.41) is 8.14. The topological polar surface area (TPSA) is 89.3 Å². The van der Waals surface area contributed by atoms with Crippen LogP contribution in [0.1, 0.15) is 59.3 Å². The lowest BCUT2D eigenvalue weighted by molar-refractivity contribution is -0.125. The second-order valence-electron chi connectivity index (χ2n) is 8.78.